The van der Waals surface area contributed by atoms with Crippen LogP contribution in [0.5, 0.6) is 0 Å². The van der Waals surface area contributed by atoms with E-state index < -0.39 is 0 Å². The van der Waals surface area contributed by atoms with Crippen molar-refractivity contribution in [1.29, 1.82) is 0 Å². The van der Waals surface area contributed by atoms with Gasteiger partial charge in [-0.3, -0.25) is 0 Å². The molecule has 3 heteroatoms. The van der Waals surface area contributed by atoms with Crippen LogP contribution in [0.15, 0.2) is 24.3 Å². The topological polar surface area (TPSA) is 21.3 Å². The molecule has 1 N–H and O–H groups in total. The van der Waals surface area contributed by atoms with E-state index in [9.17, 15) is 0 Å². The lowest BCUT2D eigenvalue weighted by Gasteiger charge is -2.34. The molecular weight excluding hydrogens is 258 g/mol. The van der Waals surface area contributed by atoms with Crippen molar-refractivity contribution in [2.45, 2.75) is 51.8 Å². The molecule has 1 aromatic carbocycles. The summed E-state index contributed by atoms with van der Waals surface area (Å²) in [6.07, 6.45) is 2.55. The quantitative estimate of drug-likeness (QED) is 0.893. The standard InChI is InChI=1S/C16H24ClNO/c1-11(2)16-10-13(8-9-19-16)18-12(3)14-6-4-5-7-15(14)17/h4-7,11-13,16,18H,8-10H2,1-3H3/t12-,13?,16?/m0/s1. The molecule has 3 atom stereocenters. The second-order valence-electron chi connectivity index (χ2n) is 5.78. The van der Waals surface area contributed by atoms with E-state index in [2.05, 4.69) is 32.2 Å². The molecule has 1 aliphatic heterocycles. The maximum atomic E-state index is 6.25. The first-order chi connectivity index (χ1) is 9.08. The van der Waals surface area contributed by atoms with E-state index >= 15 is 0 Å². The Morgan fingerprint density at radius 1 is 1.26 bits per heavy atom. The van der Waals surface area contributed by atoms with Crippen molar-refractivity contribution in [2.75, 3.05) is 6.61 Å². The fraction of sp³-hybridized carbons (Fsp3) is 0.625. The predicted octanol–water partition coefficient (Wildman–Crippen LogP) is 4.19. The van der Waals surface area contributed by atoms with Crippen molar-refractivity contribution < 1.29 is 4.74 Å². The molecular formula is C16H24ClNO. The number of benzene rings is 1. The summed E-state index contributed by atoms with van der Waals surface area (Å²) in [5.41, 5.74) is 1.18. The fourth-order valence-electron chi connectivity index (χ4n) is 2.71. The summed E-state index contributed by atoms with van der Waals surface area (Å²) in [6, 6.07) is 8.87. The largest absolute Gasteiger partial charge is 0.378 e. The highest BCUT2D eigenvalue weighted by Crippen LogP contribution is 2.26. The summed E-state index contributed by atoms with van der Waals surface area (Å²) in [6.45, 7) is 7.49. The number of hydrogen-bond acceptors (Lipinski definition) is 2. The van der Waals surface area contributed by atoms with E-state index in [-0.39, 0.29) is 6.04 Å². The number of halogens is 1. The van der Waals surface area contributed by atoms with Crippen LogP contribution in [0.25, 0.3) is 0 Å². The number of ether oxygens (including phenoxy) is 1. The highest BCUT2D eigenvalue weighted by Gasteiger charge is 2.26. The van der Waals surface area contributed by atoms with Crippen LogP contribution in [0.3, 0.4) is 0 Å². The van der Waals surface area contributed by atoms with Crippen molar-refractivity contribution in [2.24, 2.45) is 5.92 Å². The molecule has 1 heterocycles. The van der Waals surface area contributed by atoms with Crippen LogP contribution in [-0.4, -0.2) is 18.8 Å². The number of nitrogens with one attached hydrogen (secondary N) is 1. The van der Waals surface area contributed by atoms with Crippen molar-refractivity contribution >= 4 is 11.6 Å². The Kier molecular flexibility index (Phi) is 5.26. The molecule has 1 aliphatic rings. The van der Waals surface area contributed by atoms with Crippen LogP contribution in [0.2, 0.25) is 5.02 Å². The first kappa shape index (κ1) is 14.8. The van der Waals surface area contributed by atoms with Crippen molar-refractivity contribution in [1.82, 2.24) is 5.32 Å². The zero-order chi connectivity index (χ0) is 13.8. The van der Waals surface area contributed by atoms with Gasteiger partial charge in [-0.1, -0.05) is 43.6 Å². The molecule has 0 bridgehead atoms. The van der Waals surface area contributed by atoms with Crippen LogP contribution in [-0.2, 0) is 4.74 Å². The molecule has 0 radical (unpaired) electrons. The Morgan fingerprint density at radius 2 is 2.00 bits per heavy atom. The van der Waals surface area contributed by atoms with Crippen molar-refractivity contribution in [3.8, 4) is 0 Å². The molecule has 0 amide bonds. The van der Waals surface area contributed by atoms with E-state index in [1.54, 1.807) is 0 Å². The summed E-state index contributed by atoms with van der Waals surface area (Å²) in [4.78, 5) is 0. The van der Waals surface area contributed by atoms with E-state index in [1.165, 1.54) is 5.56 Å². The molecule has 19 heavy (non-hydrogen) atoms. The lowest BCUT2D eigenvalue weighted by Crippen LogP contribution is -2.41. The third-order valence-corrected chi connectivity index (χ3v) is 4.26. The minimum atomic E-state index is 0.282. The molecule has 1 fully saturated rings. The Bertz CT molecular complexity index is 407. The Balaban J connectivity index is 1.95. The van der Waals surface area contributed by atoms with Gasteiger partial charge in [-0.2, -0.15) is 0 Å². The monoisotopic (exact) mass is 281 g/mol. The third-order valence-electron chi connectivity index (χ3n) is 3.92. The van der Waals surface area contributed by atoms with Crippen molar-refractivity contribution in [3.05, 3.63) is 34.9 Å². The number of rotatable bonds is 4. The van der Waals surface area contributed by atoms with E-state index in [0.717, 1.165) is 24.5 Å². The van der Waals surface area contributed by atoms with Crippen LogP contribution >= 0.6 is 11.6 Å². The van der Waals surface area contributed by atoms with Crippen LogP contribution in [0, 0.1) is 5.92 Å². The van der Waals surface area contributed by atoms with Gasteiger partial charge in [0.2, 0.25) is 0 Å². The van der Waals surface area contributed by atoms with Gasteiger partial charge in [0.1, 0.15) is 0 Å². The maximum absolute atomic E-state index is 6.25. The highest BCUT2D eigenvalue weighted by atomic mass is 35.5. The molecule has 1 saturated heterocycles. The molecule has 2 unspecified atom stereocenters. The fourth-order valence-corrected chi connectivity index (χ4v) is 3.01. The van der Waals surface area contributed by atoms with Gasteiger partial charge >= 0.3 is 0 Å². The van der Waals surface area contributed by atoms with Crippen LogP contribution in [0.4, 0.5) is 0 Å². The zero-order valence-electron chi connectivity index (χ0n) is 12.0. The van der Waals surface area contributed by atoms with Crippen molar-refractivity contribution in [3.63, 3.8) is 0 Å². The summed E-state index contributed by atoms with van der Waals surface area (Å²) >= 11 is 6.25. The molecule has 0 saturated carbocycles. The second kappa shape index (κ2) is 6.74. The Labute approximate surface area is 121 Å². The average molecular weight is 282 g/mol. The minimum Gasteiger partial charge on any atom is -0.378 e. The van der Waals surface area contributed by atoms with Crippen LogP contribution < -0.4 is 5.32 Å². The molecule has 2 nitrogen and oxygen atoms in total. The average Bonchev–Trinajstić information content (AvgIpc) is 2.39. The summed E-state index contributed by atoms with van der Waals surface area (Å²) in [7, 11) is 0. The highest BCUT2D eigenvalue weighted by molar-refractivity contribution is 6.31. The molecule has 0 aromatic heterocycles. The SMILES string of the molecule is CC(C)C1CC(N[C@@H](C)c2ccccc2Cl)CCO1. The summed E-state index contributed by atoms with van der Waals surface area (Å²) in [5.74, 6) is 0.584. The smallest absolute Gasteiger partial charge is 0.0612 e. The number of hydrogen-bond donors (Lipinski definition) is 1. The minimum absolute atomic E-state index is 0.282. The van der Waals surface area contributed by atoms with Crippen LogP contribution in [0.1, 0.15) is 45.2 Å². The first-order valence-electron chi connectivity index (χ1n) is 7.20. The normalized spacial score (nSPS) is 25.5. The maximum Gasteiger partial charge on any atom is 0.0612 e. The lowest BCUT2D eigenvalue weighted by molar-refractivity contribution is -0.0256. The summed E-state index contributed by atoms with van der Waals surface area (Å²) < 4.78 is 5.81. The molecule has 2 rings (SSSR count). The van der Waals surface area contributed by atoms with E-state index in [0.29, 0.717) is 18.1 Å². The van der Waals surface area contributed by atoms with Gasteiger partial charge in [0.05, 0.1) is 6.10 Å². The second-order valence-corrected chi connectivity index (χ2v) is 6.19. The van der Waals surface area contributed by atoms with Gasteiger partial charge in [-0.05, 0) is 37.3 Å². The molecule has 0 spiro atoms. The molecule has 0 aliphatic carbocycles. The molecule has 106 valence electrons. The Hall–Kier alpha value is -0.570. The molecule has 1 aromatic rings. The van der Waals surface area contributed by atoms with Gasteiger partial charge in [-0.15, -0.1) is 0 Å². The summed E-state index contributed by atoms with van der Waals surface area (Å²) in [5, 5.41) is 4.54. The third kappa shape index (κ3) is 3.95. The van der Waals surface area contributed by atoms with Gasteiger partial charge in [0.25, 0.3) is 0 Å². The van der Waals surface area contributed by atoms with Gasteiger partial charge in [0, 0.05) is 23.7 Å². The van der Waals surface area contributed by atoms with E-state index in [1.807, 2.05) is 18.2 Å². The van der Waals surface area contributed by atoms with E-state index in [4.69, 9.17) is 16.3 Å². The van der Waals surface area contributed by atoms with Gasteiger partial charge in [0.15, 0.2) is 0 Å². The predicted molar refractivity (Wildman–Crippen MR) is 80.6 cm³/mol. The van der Waals surface area contributed by atoms with Gasteiger partial charge in [-0.25, -0.2) is 0 Å². The first-order valence-corrected chi connectivity index (χ1v) is 7.57. The van der Waals surface area contributed by atoms with Gasteiger partial charge < -0.3 is 10.1 Å². The Morgan fingerprint density at radius 3 is 2.68 bits per heavy atom. The lowest BCUT2D eigenvalue weighted by atomic mass is 9.94. The zero-order valence-corrected chi connectivity index (χ0v) is 12.8.